The van der Waals surface area contributed by atoms with E-state index >= 15 is 0 Å². The van der Waals surface area contributed by atoms with E-state index < -0.39 is 0 Å². The maximum Gasteiger partial charge on any atom is 0.0296 e. The molecule has 0 amide bonds. The second-order valence-electron chi connectivity index (χ2n) is 5.24. The smallest absolute Gasteiger partial charge is 0.0296 e. The van der Waals surface area contributed by atoms with Gasteiger partial charge in [-0.3, -0.25) is 0 Å². The minimum Gasteiger partial charge on any atom is -0.315 e. The van der Waals surface area contributed by atoms with Crippen molar-refractivity contribution in [1.82, 2.24) is 10.2 Å². The van der Waals surface area contributed by atoms with Crippen molar-refractivity contribution in [2.75, 3.05) is 20.6 Å². The van der Waals surface area contributed by atoms with Gasteiger partial charge in [0.05, 0.1) is 0 Å². The Morgan fingerprint density at radius 1 is 1.41 bits per heavy atom. The third-order valence-electron chi connectivity index (χ3n) is 2.95. The molecule has 17 heavy (non-hydrogen) atoms. The lowest BCUT2D eigenvalue weighted by Crippen LogP contribution is -2.20. The van der Waals surface area contributed by atoms with E-state index in [0.717, 1.165) is 19.0 Å². The Kier molecular flexibility index (Phi) is 6.17. The van der Waals surface area contributed by atoms with Crippen LogP contribution in [0.2, 0.25) is 0 Å². The van der Waals surface area contributed by atoms with E-state index in [0.29, 0.717) is 0 Å². The third kappa shape index (κ3) is 5.19. The summed E-state index contributed by atoms with van der Waals surface area (Å²) in [6.45, 7) is 10.1. The van der Waals surface area contributed by atoms with E-state index in [1.54, 1.807) is 0 Å². The fourth-order valence-electron chi connectivity index (χ4n) is 1.85. The highest BCUT2D eigenvalue weighted by Gasteiger charge is 2.08. The van der Waals surface area contributed by atoms with Crippen LogP contribution in [0.3, 0.4) is 0 Å². The first-order valence-corrected chi connectivity index (χ1v) is 7.26. The van der Waals surface area contributed by atoms with Gasteiger partial charge >= 0.3 is 0 Å². The summed E-state index contributed by atoms with van der Waals surface area (Å²) in [5, 5.41) is 3.21. The number of thiophene rings is 1. The molecule has 0 fully saturated rings. The van der Waals surface area contributed by atoms with Crippen molar-refractivity contribution in [3.05, 3.63) is 21.4 Å². The molecule has 0 aliphatic carbocycles. The highest BCUT2D eigenvalue weighted by atomic mass is 32.1. The molecule has 0 bridgehead atoms. The van der Waals surface area contributed by atoms with Gasteiger partial charge in [0.2, 0.25) is 0 Å². The Morgan fingerprint density at radius 2 is 2.12 bits per heavy atom. The van der Waals surface area contributed by atoms with Gasteiger partial charge in [-0.1, -0.05) is 13.8 Å². The zero-order valence-electron chi connectivity index (χ0n) is 11.8. The lowest BCUT2D eigenvalue weighted by Gasteiger charge is -2.17. The third-order valence-corrected chi connectivity index (χ3v) is 4.04. The molecule has 0 unspecified atom stereocenters. The van der Waals surface area contributed by atoms with Gasteiger partial charge in [0.25, 0.3) is 0 Å². The van der Waals surface area contributed by atoms with Crippen molar-refractivity contribution in [1.29, 1.82) is 0 Å². The molecule has 1 aromatic heterocycles. The molecule has 0 aliphatic rings. The number of aryl methyl sites for hydroxylation is 1. The largest absolute Gasteiger partial charge is 0.315 e. The molecule has 1 aromatic rings. The summed E-state index contributed by atoms with van der Waals surface area (Å²) in [6.07, 6.45) is 1.28. The molecule has 0 radical (unpaired) electrons. The normalized spacial score (nSPS) is 11.7. The van der Waals surface area contributed by atoms with E-state index in [1.807, 2.05) is 18.4 Å². The van der Waals surface area contributed by atoms with E-state index in [-0.39, 0.29) is 0 Å². The minimum atomic E-state index is 0.792. The second kappa shape index (κ2) is 7.14. The molecule has 2 nitrogen and oxygen atoms in total. The Balaban J connectivity index is 2.49. The fraction of sp³-hybridized carbons (Fsp3) is 0.714. The Hall–Kier alpha value is -0.380. The van der Waals surface area contributed by atoms with Crippen molar-refractivity contribution in [3.63, 3.8) is 0 Å². The zero-order chi connectivity index (χ0) is 12.8. The molecule has 1 heterocycles. The average Bonchev–Trinajstić information content (AvgIpc) is 2.57. The van der Waals surface area contributed by atoms with E-state index in [4.69, 9.17) is 0 Å². The highest BCUT2D eigenvalue weighted by molar-refractivity contribution is 7.12. The summed E-state index contributed by atoms with van der Waals surface area (Å²) in [5.41, 5.74) is 1.49. The van der Waals surface area contributed by atoms with Crippen LogP contribution >= 0.6 is 11.3 Å². The molecule has 0 atom stereocenters. The Bertz CT molecular complexity index is 331. The Morgan fingerprint density at radius 3 is 2.71 bits per heavy atom. The number of nitrogens with one attached hydrogen (secondary N) is 1. The van der Waals surface area contributed by atoms with E-state index in [2.05, 4.69) is 44.1 Å². The van der Waals surface area contributed by atoms with Crippen molar-refractivity contribution in [2.24, 2.45) is 5.92 Å². The van der Waals surface area contributed by atoms with Crippen LogP contribution in [-0.4, -0.2) is 25.5 Å². The van der Waals surface area contributed by atoms with Gasteiger partial charge in [0.15, 0.2) is 0 Å². The molecule has 0 saturated heterocycles. The van der Waals surface area contributed by atoms with Crippen LogP contribution in [0.15, 0.2) is 6.07 Å². The van der Waals surface area contributed by atoms with Crippen molar-refractivity contribution < 1.29 is 0 Å². The van der Waals surface area contributed by atoms with Gasteiger partial charge in [-0.2, -0.15) is 0 Å². The zero-order valence-corrected chi connectivity index (χ0v) is 12.7. The summed E-state index contributed by atoms with van der Waals surface area (Å²) in [4.78, 5) is 5.34. The molecule has 1 rings (SSSR count). The highest BCUT2D eigenvalue weighted by Crippen LogP contribution is 2.22. The second-order valence-corrected chi connectivity index (χ2v) is 6.59. The molecule has 3 heteroatoms. The Labute approximate surface area is 110 Å². The lowest BCUT2D eigenvalue weighted by molar-refractivity contribution is 0.303. The monoisotopic (exact) mass is 254 g/mol. The van der Waals surface area contributed by atoms with Gasteiger partial charge in [-0.15, -0.1) is 11.3 Å². The minimum absolute atomic E-state index is 0.792. The fourth-order valence-corrected chi connectivity index (χ4v) is 2.92. The summed E-state index contributed by atoms with van der Waals surface area (Å²) in [7, 11) is 4.22. The van der Waals surface area contributed by atoms with E-state index in [9.17, 15) is 0 Å². The topological polar surface area (TPSA) is 15.3 Å². The van der Waals surface area contributed by atoms with E-state index in [1.165, 1.54) is 28.3 Å². The summed E-state index contributed by atoms with van der Waals surface area (Å²) < 4.78 is 0. The maximum absolute atomic E-state index is 3.21. The van der Waals surface area contributed by atoms with Crippen LogP contribution in [0.1, 0.15) is 35.6 Å². The number of hydrogen-bond acceptors (Lipinski definition) is 3. The molecular weight excluding hydrogens is 228 g/mol. The van der Waals surface area contributed by atoms with Crippen molar-refractivity contribution in [2.45, 2.75) is 40.3 Å². The first-order chi connectivity index (χ1) is 8.02. The summed E-state index contributed by atoms with van der Waals surface area (Å²) in [5.74, 6) is 0.792. The molecule has 0 saturated carbocycles. The van der Waals surface area contributed by atoms with Crippen LogP contribution in [0.5, 0.6) is 0 Å². The SMILES string of the molecule is CNCc1cc(CN(C)CCC(C)C)c(C)s1. The molecule has 0 spiro atoms. The number of hydrogen-bond donors (Lipinski definition) is 1. The number of nitrogens with zero attached hydrogens (tertiary/aromatic N) is 1. The van der Waals surface area contributed by atoms with Crippen LogP contribution in [0, 0.1) is 12.8 Å². The van der Waals surface area contributed by atoms with Crippen LogP contribution in [0.4, 0.5) is 0 Å². The first-order valence-electron chi connectivity index (χ1n) is 6.44. The molecule has 0 aromatic carbocycles. The van der Waals surface area contributed by atoms with Gasteiger partial charge in [0.1, 0.15) is 0 Å². The first kappa shape index (κ1) is 14.7. The lowest BCUT2D eigenvalue weighted by atomic mass is 10.1. The molecule has 0 aliphatic heterocycles. The molecule has 1 N–H and O–H groups in total. The van der Waals surface area contributed by atoms with Crippen molar-refractivity contribution >= 4 is 11.3 Å². The van der Waals surface area contributed by atoms with Crippen LogP contribution in [0.25, 0.3) is 0 Å². The van der Waals surface area contributed by atoms with Gasteiger partial charge in [-0.25, -0.2) is 0 Å². The van der Waals surface area contributed by atoms with Gasteiger partial charge < -0.3 is 10.2 Å². The molecule has 98 valence electrons. The van der Waals surface area contributed by atoms with Gasteiger partial charge in [0, 0.05) is 22.8 Å². The standard InChI is InChI=1S/C14H26N2S/c1-11(2)6-7-16(5)10-13-8-14(9-15-4)17-12(13)3/h8,11,15H,6-7,9-10H2,1-5H3. The van der Waals surface area contributed by atoms with Gasteiger partial charge in [-0.05, 0) is 51.5 Å². The van der Waals surface area contributed by atoms with Crippen molar-refractivity contribution in [3.8, 4) is 0 Å². The summed E-state index contributed by atoms with van der Waals surface area (Å²) in [6, 6.07) is 2.35. The van der Waals surface area contributed by atoms with Crippen LogP contribution in [-0.2, 0) is 13.1 Å². The quantitative estimate of drug-likeness (QED) is 0.803. The average molecular weight is 254 g/mol. The van der Waals surface area contributed by atoms with Crippen LogP contribution < -0.4 is 5.32 Å². The predicted octanol–water partition coefficient (Wildman–Crippen LogP) is 3.25. The summed E-state index contributed by atoms with van der Waals surface area (Å²) >= 11 is 1.92. The number of rotatable bonds is 7. The maximum atomic E-state index is 3.21. The molecular formula is C14H26N2S. The predicted molar refractivity (Wildman–Crippen MR) is 77.6 cm³/mol.